The van der Waals surface area contributed by atoms with Gasteiger partial charge in [-0.05, 0) is 6.92 Å². The molecule has 0 fully saturated rings. The Morgan fingerprint density at radius 1 is 1.16 bits per heavy atom. The summed E-state index contributed by atoms with van der Waals surface area (Å²) >= 11 is 0. The van der Waals surface area contributed by atoms with E-state index in [-0.39, 0.29) is 13.2 Å². The highest BCUT2D eigenvalue weighted by Gasteiger charge is 2.16. The van der Waals surface area contributed by atoms with Gasteiger partial charge in [-0.3, -0.25) is 4.90 Å². The molecule has 0 saturated heterocycles. The van der Waals surface area contributed by atoms with Crippen LogP contribution in [0.1, 0.15) is 6.92 Å². The van der Waals surface area contributed by atoms with Crippen LogP contribution in [0.2, 0.25) is 0 Å². The minimum Gasteiger partial charge on any atom is -0.389 e. The molecule has 0 aromatic rings. The molecule has 8 heteroatoms. The Morgan fingerprint density at radius 3 is 2.12 bits per heavy atom. The van der Waals surface area contributed by atoms with Crippen LogP contribution in [0.3, 0.4) is 0 Å². The van der Waals surface area contributed by atoms with E-state index >= 15 is 0 Å². The summed E-state index contributed by atoms with van der Waals surface area (Å²) in [6.45, 7) is 11.2. The molecule has 144 valence electrons. The van der Waals surface area contributed by atoms with Crippen molar-refractivity contribution < 1.29 is 24.5 Å². The maximum Gasteiger partial charge on any atom is 0.340 e. The molecular formula is C17H31N3O5. The van der Waals surface area contributed by atoms with Crippen molar-refractivity contribution in [3.05, 3.63) is 25.3 Å². The van der Waals surface area contributed by atoms with Gasteiger partial charge >= 0.3 is 6.03 Å². The molecule has 0 aliphatic rings. The van der Waals surface area contributed by atoms with Gasteiger partial charge in [-0.25, -0.2) is 9.79 Å². The van der Waals surface area contributed by atoms with Crippen LogP contribution in [0.5, 0.6) is 0 Å². The van der Waals surface area contributed by atoms with Crippen molar-refractivity contribution >= 4 is 12.2 Å². The Labute approximate surface area is 149 Å². The van der Waals surface area contributed by atoms with Gasteiger partial charge in [0.2, 0.25) is 0 Å². The third-order valence-electron chi connectivity index (χ3n) is 2.98. The number of rotatable bonds is 15. The number of amides is 2. The molecule has 0 rings (SSSR count). The Hall–Kier alpha value is -1.58. The van der Waals surface area contributed by atoms with Crippen molar-refractivity contribution in [1.82, 2.24) is 10.2 Å². The molecule has 0 aromatic heterocycles. The Bertz CT molecular complexity index is 382. The SMILES string of the molecule is C=CCOCC(O)CN(CCNC(=O)N=CC)CC(O)COCC=C. The number of aliphatic hydroxyl groups excluding tert-OH is 2. The van der Waals surface area contributed by atoms with E-state index in [1.54, 1.807) is 19.1 Å². The fraction of sp³-hybridized carbons (Fsp3) is 0.647. The molecule has 3 N–H and O–H groups in total. The average molecular weight is 357 g/mol. The molecule has 25 heavy (non-hydrogen) atoms. The fourth-order valence-electron chi connectivity index (χ4n) is 2.02. The molecule has 0 bridgehead atoms. The lowest BCUT2D eigenvalue weighted by molar-refractivity contribution is -0.00208. The first-order valence-electron chi connectivity index (χ1n) is 8.25. The second-order valence-corrected chi connectivity index (χ2v) is 5.34. The number of carbonyl (C=O) groups excluding carboxylic acids is 1. The predicted octanol–water partition coefficient (Wildman–Crippen LogP) is 0.216. The molecule has 0 spiro atoms. The highest BCUT2D eigenvalue weighted by Crippen LogP contribution is 1.98. The van der Waals surface area contributed by atoms with Gasteiger partial charge in [0.1, 0.15) is 0 Å². The number of aliphatic imine (C=N–C) groups is 1. The van der Waals surface area contributed by atoms with Crippen LogP contribution in [0.15, 0.2) is 30.3 Å². The van der Waals surface area contributed by atoms with Gasteiger partial charge in [0, 0.05) is 32.4 Å². The van der Waals surface area contributed by atoms with Gasteiger partial charge in [0.05, 0.1) is 38.6 Å². The Balaban J connectivity index is 4.39. The number of carbonyl (C=O) groups is 1. The number of aliphatic hydroxyl groups is 2. The summed E-state index contributed by atoms with van der Waals surface area (Å²) in [5, 5.41) is 22.7. The largest absolute Gasteiger partial charge is 0.389 e. The van der Waals surface area contributed by atoms with Crippen LogP contribution >= 0.6 is 0 Å². The summed E-state index contributed by atoms with van der Waals surface area (Å²) < 4.78 is 10.4. The van der Waals surface area contributed by atoms with Gasteiger partial charge in [-0.15, -0.1) is 13.2 Å². The molecule has 0 aromatic carbocycles. The van der Waals surface area contributed by atoms with Crippen molar-refractivity contribution in [3.63, 3.8) is 0 Å². The average Bonchev–Trinajstić information content (AvgIpc) is 2.55. The number of ether oxygens (including phenoxy) is 2. The summed E-state index contributed by atoms with van der Waals surface area (Å²) in [6.07, 6.45) is 3.19. The van der Waals surface area contributed by atoms with Crippen molar-refractivity contribution in [2.75, 3.05) is 52.6 Å². The second-order valence-electron chi connectivity index (χ2n) is 5.34. The summed E-state index contributed by atoms with van der Waals surface area (Å²) in [6, 6.07) is -0.424. The third kappa shape index (κ3) is 14.5. The van der Waals surface area contributed by atoms with Crippen LogP contribution in [-0.2, 0) is 9.47 Å². The molecule has 2 unspecified atom stereocenters. The van der Waals surface area contributed by atoms with Crippen molar-refractivity contribution in [3.8, 4) is 0 Å². The monoisotopic (exact) mass is 357 g/mol. The zero-order valence-electron chi connectivity index (χ0n) is 15.0. The van der Waals surface area contributed by atoms with E-state index in [4.69, 9.17) is 9.47 Å². The smallest absolute Gasteiger partial charge is 0.340 e. The molecular weight excluding hydrogens is 326 g/mol. The van der Waals surface area contributed by atoms with Crippen LogP contribution in [-0.4, -0.2) is 92.2 Å². The highest BCUT2D eigenvalue weighted by molar-refractivity contribution is 5.82. The molecule has 0 heterocycles. The standard InChI is InChI=1S/C17H31N3O5/c1-4-9-24-13-15(21)11-20(8-7-19-17(23)18-6-3)12-16(22)14-25-10-5-2/h4-6,15-16,21-22H,1-2,7-14H2,3H3,(H,19,23). The molecule has 0 radical (unpaired) electrons. The Morgan fingerprint density at radius 2 is 1.68 bits per heavy atom. The minimum absolute atomic E-state index is 0.165. The number of nitrogens with one attached hydrogen (secondary N) is 1. The van der Waals surface area contributed by atoms with Crippen molar-refractivity contribution in [1.29, 1.82) is 0 Å². The quantitative estimate of drug-likeness (QED) is 0.220. The van der Waals surface area contributed by atoms with E-state index in [9.17, 15) is 15.0 Å². The lowest BCUT2D eigenvalue weighted by Gasteiger charge is -2.27. The minimum atomic E-state index is -0.717. The molecule has 0 aliphatic carbocycles. The summed E-state index contributed by atoms with van der Waals surface area (Å²) in [4.78, 5) is 16.8. The Kier molecular flexibility index (Phi) is 14.9. The molecule has 2 amide bonds. The first-order valence-corrected chi connectivity index (χ1v) is 8.25. The number of nitrogens with zero attached hydrogens (tertiary/aromatic N) is 2. The van der Waals surface area contributed by atoms with Crippen LogP contribution < -0.4 is 5.32 Å². The topological polar surface area (TPSA) is 104 Å². The molecule has 0 aliphatic heterocycles. The summed E-state index contributed by atoms with van der Waals surface area (Å²) in [7, 11) is 0. The number of urea groups is 1. The van der Waals surface area contributed by atoms with E-state index < -0.39 is 18.2 Å². The summed E-state index contributed by atoms with van der Waals surface area (Å²) in [5.74, 6) is 0. The zero-order chi connectivity index (χ0) is 18.9. The van der Waals surface area contributed by atoms with Gasteiger partial charge < -0.3 is 25.0 Å². The fourth-order valence-corrected chi connectivity index (χ4v) is 2.02. The van der Waals surface area contributed by atoms with E-state index in [2.05, 4.69) is 23.5 Å². The highest BCUT2D eigenvalue weighted by atomic mass is 16.5. The van der Waals surface area contributed by atoms with E-state index in [1.165, 1.54) is 6.21 Å². The van der Waals surface area contributed by atoms with E-state index in [0.717, 1.165) is 0 Å². The summed E-state index contributed by atoms with van der Waals surface area (Å²) in [5.41, 5.74) is 0. The number of hydrogen-bond donors (Lipinski definition) is 3. The van der Waals surface area contributed by atoms with Gasteiger partial charge in [-0.2, -0.15) is 0 Å². The first-order chi connectivity index (χ1) is 12.0. The molecule has 0 saturated carbocycles. The third-order valence-corrected chi connectivity index (χ3v) is 2.98. The maximum atomic E-state index is 11.3. The first kappa shape index (κ1) is 23.4. The van der Waals surface area contributed by atoms with Gasteiger partial charge in [0.15, 0.2) is 0 Å². The molecule has 2 atom stereocenters. The van der Waals surface area contributed by atoms with Gasteiger partial charge in [-0.1, -0.05) is 12.2 Å². The maximum absolute atomic E-state index is 11.3. The second kappa shape index (κ2) is 15.9. The normalized spacial score (nSPS) is 13.8. The lowest BCUT2D eigenvalue weighted by atomic mass is 10.2. The van der Waals surface area contributed by atoms with Gasteiger partial charge in [0.25, 0.3) is 0 Å². The van der Waals surface area contributed by atoms with E-state index in [1.807, 2.05) is 4.90 Å². The van der Waals surface area contributed by atoms with E-state index in [0.29, 0.717) is 39.4 Å². The van der Waals surface area contributed by atoms with Crippen LogP contribution in [0, 0.1) is 0 Å². The lowest BCUT2D eigenvalue weighted by Crippen LogP contribution is -2.44. The number of hydrogen-bond acceptors (Lipinski definition) is 6. The predicted molar refractivity (Wildman–Crippen MR) is 98.1 cm³/mol. The van der Waals surface area contributed by atoms with Crippen LogP contribution in [0.4, 0.5) is 4.79 Å². The van der Waals surface area contributed by atoms with Crippen LogP contribution in [0.25, 0.3) is 0 Å². The van der Waals surface area contributed by atoms with Crippen molar-refractivity contribution in [2.24, 2.45) is 4.99 Å². The molecule has 8 nitrogen and oxygen atoms in total. The van der Waals surface area contributed by atoms with Crippen molar-refractivity contribution in [2.45, 2.75) is 19.1 Å². The zero-order valence-corrected chi connectivity index (χ0v) is 15.0.